The van der Waals surface area contributed by atoms with Gasteiger partial charge in [0, 0.05) is 6.04 Å². The fourth-order valence-corrected chi connectivity index (χ4v) is 3.55. The maximum absolute atomic E-state index is 6.02. The number of nitrogens with two attached hydrogens (primary N) is 1. The maximum Gasteiger partial charge on any atom is 0.147 e. The maximum atomic E-state index is 6.02. The molecule has 20 heavy (non-hydrogen) atoms. The molecule has 1 aromatic rings. The molecule has 1 atom stereocenters. The third-order valence-corrected chi connectivity index (χ3v) is 4.88. The molecule has 0 aliphatic rings. The van der Waals surface area contributed by atoms with Crippen molar-refractivity contribution in [2.45, 2.75) is 52.5 Å². The third kappa shape index (κ3) is 5.38. The van der Waals surface area contributed by atoms with Crippen LogP contribution in [-0.2, 0) is 6.42 Å². The Morgan fingerprint density at radius 3 is 2.05 bits per heavy atom. The van der Waals surface area contributed by atoms with E-state index in [1.807, 2.05) is 0 Å². The van der Waals surface area contributed by atoms with Crippen molar-refractivity contribution in [3.63, 3.8) is 0 Å². The van der Waals surface area contributed by atoms with Gasteiger partial charge in [-0.15, -0.1) is 0 Å². The van der Waals surface area contributed by atoms with Crippen LogP contribution in [0.2, 0.25) is 0 Å². The van der Waals surface area contributed by atoms with E-state index in [1.165, 1.54) is 5.56 Å². The van der Waals surface area contributed by atoms with Crippen LogP contribution in [0.25, 0.3) is 0 Å². The molecule has 114 valence electrons. The Kier molecular flexibility index (Phi) is 8.15. The lowest BCUT2D eigenvalue weighted by Gasteiger charge is -2.17. The predicted octanol–water partition coefficient (Wildman–Crippen LogP) is 5.31. The summed E-state index contributed by atoms with van der Waals surface area (Å²) in [5.74, 6) is 1.51. The molecule has 0 saturated carbocycles. The quantitative estimate of drug-likeness (QED) is 0.634. The molecule has 1 rings (SSSR count). The van der Waals surface area contributed by atoms with Crippen LogP contribution >= 0.6 is 31.9 Å². The summed E-state index contributed by atoms with van der Waals surface area (Å²) in [6, 6.07) is 4.44. The monoisotopic (exact) mass is 405 g/mol. The van der Waals surface area contributed by atoms with Gasteiger partial charge in [0.2, 0.25) is 0 Å². The van der Waals surface area contributed by atoms with Crippen LogP contribution in [0.1, 0.15) is 45.6 Å². The summed E-state index contributed by atoms with van der Waals surface area (Å²) < 4.78 is 7.97. The third-order valence-electron chi connectivity index (χ3n) is 3.70. The van der Waals surface area contributed by atoms with Crippen LogP contribution in [0, 0.1) is 5.92 Å². The fourth-order valence-electron chi connectivity index (χ4n) is 2.04. The first-order valence-corrected chi connectivity index (χ1v) is 8.96. The fraction of sp³-hybridized carbons (Fsp3) is 0.625. The molecule has 2 N–H and O–H groups in total. The Bertz CT molecular complexity index is 396. The SMILES string of the molecule is CCC(N)Cc1cc(Br)c(OCC(CC)CC)c(Br)c1. The van der Waals surface area contributed by atoms with Crippen molar-refractivity contribution < 1.29 is 4.74 Å². The smallest absolute Gasteiger partial charge is 0.147 e. The Hall–Kier alpha value is -0.0600. The zero-order valence-corrected chi connectivity index (χ0v) is 15.8. The summed E-state index contributed by atoms with van der Waals surface area (Å²) in [6.45, 7) is 7.29. The van der Waals surface area contributed by atoms with Crippen molar-refractivity contribution in [2.24, 2.45) is 11.7 Å². The minimum absolute atomic E-state index is 0.213. The predicted molar refractivity (Wildman–Crippen MR) is 93.4 cm³/mol. The number of rotatable bonds is 8. The normalized spacial score (nSPS) is 12.8. The van der Waals surface area contributed by atoms with E-state index in [0.717, 1.165) is 47.0 Å². The first-order chi connectivity index (χ1) is 9.51. The summed E-state index contributed by atoms with van der Waals surface area (Å²) in [5.41, 5.74) is 7.25. The standard InChI is InChI=1S/C16H25Br2NO/c1-4-11(5-2)10-20-16-14(17)8-12(9-15(16)18)7-13(19)6-3/h8-9,11,13H,4-7,10,19H2,1-3H3. The van der Waals surface area contributed by atoms with Crippen LogP contribution < -0.4 is 10.5 Å². The van der Waals surface area contributed by atoms with Crippen molar-refractivity contribution in [3.8, 4) is 5.75 Å². The van der Waals surface area contributed by atoms with Crippen LogP contribution in [0.15, 0.2) is 21.1 Å². The highest BCUT2D eigenvalue weighted by Crippen LogP contribution is 2.35. The first-order valence-electron chi connectivity index (χ1n) is 7.37. The number of hydrogen-bond acceptors (Lipinski definition) is 2. The molecule has 0 heterocycles. The summed E-state index contributed by atoms with van der Waals surface area (Å²) in [6.07, 6.45) is 4.17. The van der Waals surface area contributed by atoms with Crippen molar-refractivity contribution in [2.75, 3.05) is 6.61 Å². The summed E-state index contributed by atoms with van der Waals surface area (Å²) >= 11 is 7.22. The summed E-state index contributed by atoms with van der Waals surface area (Å²) in [4.78, 5) is 0. The second-order valence-electron chi connectivity index (χ2n) is 5.25. The number of halogens is 2. The van der Waals surface area contributed by atoms with Gasteiger partial charge >= 0.3 is 0 Å². The highest BCUT2D eigenvalue weighted by Gasteiger charge is 2.12. The molecular formula is C16H25Br2NO. The second kappa shape index (κ2) is 9.06. The Balaban J connectivity index is 2.78. The highest BCUT2D eigenvalue weighted by atomic mass is 79.9. The van der Waals surface area contributed by atoms with Gasteiger partial charge in [-0.3, -0.25) is 0 Å². The first kappa shape index (κ1) is 18.0. The lowest BCUT2D eigenvalue weighted by Crippen LogP contribution is -2.21. The van der Waals surface area contributed by atoms with Gasteiger partial charge in [-0.05, 0) is 68.3 Å². The van der Waals surface area contributed by atoms with Gasteiger partial charge in [0.15, 0.2) is 0 Å². The van der Waals surface area contributed by atoms with E-state index in [4.69, 9.17) is 10.5 Å². The van der Waals surface area contributed by atoms with E-state index in [0.29, 0.717) is 5.92 Å². The minimum Gasteiger partial charge on any atom is -0.491 e. The van der Waals surface area contributed by atoms with E-state index < -0.39 is 0 Å². The van der Waals surface area contributed by atoms with Crippen molar-refractivity contribution in [1.82, 2.24) is 0 Å². The topological polar surface area (TPSA) is 35.2 Å². The second-order valence-corrected chi connectivity index (χ2v) is 6.96. The molecule has 0 radical (unpaired) electrons. The van der Waals surface area contributed by atoms with Crippen LogP contribution in [0.3, 0.4) is 0 Å². The average molecular weight is 407 g/mol. The Morgan fingerprint density at radius 1 is 1.05 bits per heavy atom. The van der Waals surface area contributed by atoms with Crippen molar-refractivity contribution >= 4 is 31.9 Å². The molecule has 0 amide bonds. The lowest BCUT2D eigenvalue weighted by atomic mass is 10.0. The van der Waals surface area contributed by atoms with E-state index >= 15 is 0 Å². The molecule has 0 bridgehead atoms. The highest BCUT2D eigenvalue weighted by molar-refractivity contribution is 9.11. The molecule has 0 saturated heterocycles. The van der Waals surface area contributed by atoms with Gasteiger partial charge in [0.25, 0.3) is 0 Å². The molecule has 0 aromatic heterocycles. The molecule has 1 aromatic carbocycles. The number of ether oxygens (including phenoxy) is 1. The summed E-state index contributed by atoms with van der Waals surface area (Å²) in [5, 5.41) is 0. The van der Waals surface area contributed by atoms with E-state index in [-0.39, 0.29) is 6.04 Å². The number of hydrogen-bond donors (Lipinski definition) is 1. The molecule has 0 aliphatic heterocycles. The molecule has 1 unspecified atom stereocenters. The van der Waals surface area contributed by atoms with E-state index in [9.17, 15) is 0 Å². The molecule has 4 heteroatoms. The van der Waals surface area contributed by atoms with Crippen LogP contribution in [0.4, 0.5) is 0 Å². The average Bonchev–Trinajstić information content (AvgIpc) is 2.42. The zero-order valence-electron chi connectivity index (χ0n) is 12.6. The van der Waals surface area contributed by atoms with Crippen LogP contribution in [0.5, 0.6) is 5.75 Å². The molecular weight excluding hydrogens is 382 g/mol. The van der Waals surface area contributed by atoms with Gasteiger partial charge in [0.05, 0.1) is 15.6 Å². The van der Waals surface area contributed by atoms with Gasteiger partial charge in [0.1, 0.15) is 5.75 Å². The Morgan fingerprint density at radius 2 is 1.60 bits per heavy atom. The van der Waals surface area contributed by atoms with Gasteiger partial charge in [-0.1, -0.05) is 33.6 Å². The zero-order chi connectivity index (χ0) is 15.1. The molecule has 0 fully saturated rings. The van der Waals surface area contributed by atoms with Gasteiger partial charge < -0.3 is 10.5 Å². The molecule has 0 spiro atoms. The Labute approximate surface area is 139 Å². The van der Waals surface area contributed by atoms with Gasteiger partial charge in [-0.25, -0.2) is 0 Å². The van der Waals surface area contributed by atoms with E-state index in [1.54, 1.807) is 0 Å². The summed E-state index contributed by atoms with van der Waals surface area (Å²) in [7, 11) is 0. The van der Waals surface area contributed by atoms with Crippen LogP contribution in [-0.4, -0.2) is 12.6 Å². The van der Waals surface area contributed by atoms with Gasteiger partial charge in [-0.2, -0.15) is 0 Å². The minimum atomic E-state index is 0.213. The molecule has 2 nitrogen and oxygen atoms in total. The van der Waals surface area contributed by atoms with Crippen molar-refractivity contribution in [3.05, 3.63) is 26.6 Å². The largest absolute Gasteiger partial charge is 0.491 e. The lowest BCUT2D eigenvalue weighted by molar-refractivity contribution is 0.238. The van der Waals surface area contributed by atoms with Crippen molar-refractivity contribution in [1.29, 1.82) is 0 Å². The van der Waals surface area contributed by atoms with E-state index in [2.05, 4.69) is 64.8 Å². The number of benzene rings is 1. The molecule has 0 aliphatic carbocycles.